The van der Waals surface area contributed by atoms with E-state index in [1.807, 2.05) is 12.1 Å². The van der Waals surface area contributed by atoms with E-state index in [1.165, 1.54) is 81.3 Å². The number of rotatable bonds is 6. The number of aromatic nitrogens is 2. The number of aryl methyl sites for hydroxylation is 2. The van der Waals surface area contributed by atoms with E-state index in [2.05, 4.69) is 54.3 Å². The summed E-state index contributed by atoms with van der Waals surface area (Å²) in [7, 11) is -1.14. The van der Waals surface area contributed by atoms with E-state index in [-0.39, 0.29) is 0 Å². The van der Waals surface area contributed by atoms with Crippen LogP contribution in [-0.4, -0.2) is 72.8 Å². The van der Waals surface area contributed by atoms with Crippen LogP contribution in [-0.2, 0) is 16.9 Å². The lowest BCUT2D eigenvalue weighted by atomic mass is 9.85. The lowest BCUT2D eigenvalue weighted by molar-refractivity contribution is 0.0828. The van der Waals surface area contributed by atoms with Crippen molar-refractivity contribution in [2.45, 2.75) is 63.3 Å². The lowest BCUT2D eigenvalue weighted by Gasteiger charge is -2.42. The van der Waals surface area contributed by atoms with Crippen LogP contribution in [0.4, 0.5) is 0 Å². The van der Waals surface area contributed by atoms with Gasteiger partial charge in [-0.1, -0.05) is 19.9 Å². The quantitative estimate of drug-likeness (QED) is 0.442. The standard InChI is InChI=1S/C30H42N4O2S/c1-21(2)20-33-16-14-25(15-17-33)34-18-12-23(13-19-34)27-10-11-28-29(22(27)3)32(4)30(31-28)24-6-8-26(9-7-24)37(5,35)36/h6-11,21,23,25H,12-20H2,1-5H3. The number of hydrogen-bond donors (Lipinski definition) is 0. The van der Waals surface area contributed by atoms with Crippen molar-refractivity contribution in [3.05, 3.63) is 47.5 Å². The highest BCUT2D eigenvalue weighted by Gasteiger charge is 2.30. The van der Waals surface area contributed by atoms with Gasteiger partial charge in [-0.05, 0) is 112 Å². The molecular formula is C30H42N4O2S. The maximum absolute atomic E-state index is 11.9. The first-order valence-electron chi connectivity index (χ1n) is 13.8. The van der Waals surface area contributed by atoms with Gasteiger partial charge in [-0.15, -0.1) is 0 Å². The van der Waals surface area contributed by atoms with Gasteiger partial charge in [0, 0.05) is 31.5 Å². The molecule has 0 atom stereocenters. The molecule has 0 amide bonds. The third kappa shape index (κ3) is 5.50. The summed E-state index contributed by atoms with van der Waals surface area (Å²) in [4.78, 5) is 10.7. The minimum absolute atomic E-state index is 0.334. The number of piperidine rings is 2. The van der Waals surface area contributed by atoms with Crippen molar-refractivity contribution in [1.82, 2.24) is 19.4 Å². The van der Waals surface area contributed by atoms with Crippen molar-refractivity contribution in [1.29, 1.82) is 0 Å². The highest BCUT2D eigenvalue weighted by atomic mass is 32.2. The molecule has 2 aromatic carbocycles. The van der Waals surface area contributed by atoms with Crippen molar-refractivity contribution < 1.29 is 8.42 Å². The predicted molar refractivity (Wildman–Crippen MR) is 152 cm³/mol. The summed E-state index contributed by atoms with van der Waals surface area (Å²) in [6.45, 7) is 13.0. The normalized spacial score (nSPS) is 19.3. The topological polar surface area (TPSA) is 58.4 Å². The smallest absolute Gasteiger partial charge is 0.175 e. The molecule has 6 nitrogen and oxygen atoms in total. The van der Waals surface area contributed by atoms with Gasteiger partial charge >= 0.3 is 0 Å². The first-order valence-corrected chi connectivity index (χ1v) is 15.7. The van der Waals surface area contributed by atoms with E-state index in [0.717, 1.165) is 28.9 Å². The van der Waals surface area contributed by atoms with Crippen LogP contribution in [0.15, 0.2) is 41.3 Å². The molecule has 3 heterocycles. The highest BCUT2D eigenvalue weighted by Crippen LogP contribution is 2.36. The molecule has 0 unspecified atom stereocenters. The van der Waals surface area contributed by atoms with Crippen LogP contribution in [0.5, 0.6) is 0 Å². The first-order chi connectivity index (χ1) is 17.6. The summed E-state index contributed by atoms with van der Waals surface area (Å²) in [5.74, 6) is 2.21. The van der Waals surface area contributed by atoms with E-state index in [4.69, 9.17) is 4.98 Å². The van der Waals surface area contributed by atoms with Gasteiger partial charge in [-0.2, -0.15) is 0 Å². The molecule has 0 spiro atoms. The molecule has 37 heavy (non-hydrogen) atoms. The Morgan fingerprint density at radius 3 is 2.19 bits per heavy atom. The van der Waals surface area contributed by atoms with Gasteiger partial charge in [0.1, 0.15) is 5.82 Å². The number of sulfone groups is 1. The summed E-state index contributed by atoms with van der Waals surface area (Å²) >= 11 is 0. The number of likely N-dealkylation sites (tertiary alicyclic amines) is 2. The molecule has 200 valence electrons. The summed E-state index contributed by atoms with van der Waals surface area (Å²) in [6, 6.07) is 12.3. The Kier molecular flexibility index (Phi) is 7.49. The molecule has 0 saturated carbocycles. The average molecular weight is 523 g/mol. The van der Waals surface area contributed by atoms with Crippen molar-refractivity contribution in [2.75, 3.05) is 39.0 Å². The Balaban J connectivity index is 1.29. The van der Waals surface area contributed by atoms with Gasteiger partial charge in [0.05, 0.1) is 15.9 Å². The van der Waals surface area contributed by atoms with Gasteiger partial charge in [-0.3, -0.25) is 0 Å². The Morgan fingerprint density at radius 1 is 0.946 bits per heavy atom. The molecule has 0 N–H and O–H groups in total. The van der Waals surface area contributed by atoms with Crippen molar-refractivity contribution in [3.63, 3.8) is 0 Å². The van der Waals surface area contributed by atoms with Gasteiger partial charge in [0.25, 0.3) is 0 Å². The molecule has 2 aliphatic rings. The SMILES string of the molecule is Cc1c(C2CCN(C3CCN(CC(C)C)CC3)CC2)ccc2nc(-c3ccc(S(C)(=O)=O)cc3)n(C)c12. The summed E-state index contributed by atoms with van der Waals surface area (Å²) in [5, 5.41) is 0. The molecule has 0 bridgehead atoms. The number of fused-ring (bicyclic) bond motifs is 1. The number of benzene rings is 2. The van der Waals surface area contributed by atoms with Crippen LogP contribution >= 0.6 is 0 Å². The zero-order valence-corrected chi connectivity index (χ0v) is 23.9. The zero-order valence-electron chi connectivity index (χ0n) is 23.1. The van der Waals surface area contributed by atoms with Crippen LogP contribution in [0.25, 0.3) is 22.4 Å². The van der Waals surface area contributed by atoms with Crippen LogP contribution in [0.3, 0.4) is 0 Å². The Labute approximate surface area is 222 Å². The van der Waals surface area contributed by atoms with Crippen LogP contribution in [0.1, 0.15) is 56.6 Å². The van der Waals surface area contributed by atoms with Crippen LogP contribution in [0, 0.1) is 12.8 Å². The van der Waals surface area contributed by atoms with Gasteiger partial charge in [0.2, 0.25) is 0 Å². The molecule has 2 saturated heterocycles. The summed E-state index contributed by atoms with van der Waals surface area (Å²) in [6.07, 6.45) is 6.30. The molecule has 2 aliphatic heterocycles. The Morgan fingerprint density at radius 2 is 1.59 bits per heavy atom. The van der Waals surface area contributed by atoms with Crippen LogP contribution < -0.4 is 0 Å². The Bertz CT molecular complexity index is 1340. The zero-order chi connectivity index (χ0) is 26.3. The maximum atomic E-state index is 11.9. The molecule has 3 aromatic rings. The second-order valence-corrected chi connectivity index (χ2v) is 13.7. The van der Waals surface area contributed by atoms with E-state index in [9.17, 15) is 8.42 Å². The minimum atomic E-state index is -3.21. The fourth-order valence-corrected chi connectivity index (χ4v) is 7.25. The van der Waals surface area contributed by atoms with E-state index >= 15 is 0 Å². The van der Waals surface area contributed by atoms with Gasteiger partial charge in [0.15, 0.2) is 9.84 Å². The first kappa shape index (κ1) is 26.4. The number of imidazole rings is 1. The molecule has 2 fully saturated rings. The van der Waals surface area contributed by atoms with Gasteiger partial charge < -0.3 is 14.4 Å². The maximum Gasteiger partial charge on any atom is 0.175 e. The fraction of sp³-hybridized carbons (Fsp3) is 0.567. The van der Waals surface area contributed by atoms with Crippen molar-refractivity contribution in [3.8, 4) is 11.4 Å². The molecule has 0 aliphatic carbocycles. The summed E-state index contributed by atoms with van der Waals surface area (Å²) < 4.78 is 25.9. The Hall–Kier alpha value is -2.22. The third-order valence-electron chi connectivity index (χ3n) is 8.54. The third-order valence-corrected chi connectivity index (χ3v) is 9.67. The van der Waals surface area contributed by atoms with Crippen molar-refractivity contribution >= 4 is 20.9 Å². The van der Waals surface area contributed by atoms with Crippen molar-refractivity contribution in [2.24, 2.45) is 13.0 Å². The number of nitrogens with zero attached hydrogens (tertiary/aromatic N) is 4. The van der Waals surface area contributed by atoms with E-state index in [0.29, 0.717) is 10.8 Å². The molecule has 0 radical (unpaired) electrons. The molecule has 5 rings (SSSR count). The molecular weight excluding hydrogens is 480 g/mol. The van der Waals surface area contributed by atoms with E-state index in [1.54, 1.807) is 12.1 Å². The van der Waals surface area contributed by atoms with E-state index < -0.39 is 9.84 Å². The molecule has 1 aromatic heterocycles. The second-order valence-electron chi connectivity index (χ2n) is 11.7. The number of hydrogen-bond acceptors (Lipinski definition) is 5. The lowest BCUT2D eigenvalue weighted by Crippen LogP contribution is -2.48. The second kappa shape index (κ2) is 10.5. The largest absolute Gasteiger partial charge is 0.327 e. The van der Waals surface area contributed by atoms with Gasteiger partial charge in [-0.25, -0.2) is 13.4 Å². The predicted octanol–water partition coefficient (Wildman–Crippen LogP) is 5.25. The summed E-state index contributed by atoms with van der Waals surface area (Å²) in [5.41, 5.74) is 5.89. The molecule has 7 heteroatoms. The monoisotopic (exact) mass is 522 g/mol. The minimum Gasteiger partial charge on any atom is -0.327 e. The van der Waals surface area contributed by atoms with Crippen LogP contribution in [0.2, 0.25) is 0 Å². The average Bonchev–Trinajstić information content (AvgIpc) is 3.21. The fourth-order valence-electron chi connectivity index (χ4n) is 6.62. The highest BCUT2D eigenvalue weighted by molar-refractivity contribution is 7.90.